The summed E-state index contributed by atoms with van der Waals surface area (Å²) in [6.07, 6.45) is 0. The lowest BCUT2D eigenvalue weighted by Crippen LogP contribution is -1.95. The Morgan fingerprint density at radius 2 is 1.18 bits per heavy atom. The van der Waals surface area contributed by atoms with Crippen LogP contribution in [-0.2, 0) is 0 Å². The number of halogens is 1. The first-order chi connectivity index (χ1) is 19.7. The first-order valence-corrected chi connectivity index (χ1v) is 13.8. The van der Waals surface area contributed by atoms with Gasteiger partial charge in [-0.05, 0) is 42.5 Å². The molecule has 0 saturated carbocycles. The molecule has 4 heterocycles. The van der Waals surface area contributed by atoms with Gasteiger partial charge in [0.05, 0.1) is 11.1 Å². The number of fused-ring (bicyclic) bond motifs is 9. The molecule has 0 atom stereocenters. The smallest absolute Gasteiger partial charge is 0.162 e. The lowest BCUT2D eigenvalue weighted by Gasteiger charge is -2.09. The molecule has 5 aromatic carbocycles. The molecule has 0 aliphatic rings. The van der Waals surface area contributed by atoms with Crippen LogP contribution in [0, 0.1) is 0 Å². The van der Waals surface area contributed by atoms with E-state index in [1.54, 1.807) is 0 Å². The Morgan fingerprint density at radius 3 is 1.90 bits per heavy atom. The van der Waals surface area contributed by atoms with Crippen molar-refractivity contribution in [3.05, 3.63) is 108 Å². The number of nitrogens with zero attached hydrogens (tertiary/aromatic N) is 2. The van der Waals surface area contributed by atoms with Crippen molar-refractivity contribution >= 4 is 81.7 Å². The number of furan rings is 2. The summed E-state index contributed by atoms with van der Waals surface area (Å²) < 4.78 is 13.4. The molecule has 9 rings (SSSR count). The monoisotopic (exact) mass is 579 g/mol. The van der Waals surface area contributed by atoms with Crippen LogP contribution in [0.1, 0.15) is 0 Å². The van der Waals surface area contributed by atoms with Gasteiger partial charge >= 0.3 is 0 Å². The van der Waals surface area contributed by atoms with Crippen molar-refractivity contribution in [2.75, 3.05) is 0 Å². The molecule has 0 bridgehead atoms. The van der Waals surface area contributed by atoms with Gasteiger partial charge in [0.1, 0.15) is 28.0 Å². The Bertz CT molecular complexity index is 2470. The minimum Gasteiger partial charge on any atom is -0.456 e. The van der Waals surface area contributed by atoms with E-state index in [1.165, 1.54) is 0 Å². The second kappa shape index (κ2) is 8.04. The molecule has 0 fully saturated rings. The largest absolute Gasteiger partial charge is 0.456 e. The van der Waals surface area contributed by atoms with Crippen LogP contribution in [-0.4, -0.2) is 15.0 Å². The first-order valence-electron chi connectivity index (χ1n) is 13.0. The molecule has 0 saturated heterocycles. The molecule has 1 N–H and O–H groups in total. The Balaban J connectivity index is 1.45. The topological polar surface area (TPSA) is 67.8 Å². The Kier molecular flexibility index (Phi) is 4.41. The average molecular weight is 580 g/mol. The van der Waals surface area contributed by atoms with E-state index in [9.17, 15) is 0 Å². The fourth-order valence-electron chi connectivity index (χ4n) is 6.01. The van der Waals surface area contributed by atoms with Gasteiger partial charge in [0.2, 0.25) is 0 Å². The molecular weight excluding hydrogens is 562 g/mol. The molecule has 4 aromatic heterocycles. The van der Waals surface area contributed by atoms with E-state index < -0.39 is 0 Å². The van der Waals surface area contributed by atoms with Crippen LogP contribution in [0.2, 0.25) is 0 Å². The van der Waals surface area contributed by atoms with E-state index in [4.69, 9.17) is 18.8 Å². The highest BCUT2D eigenvalue weighted by Gasteiger charge is 2.22. The normalized spacial score (nSPS) is 12.1. The molecular formula is C34H18BrN3O2. The fraction of sp³-hybridized carbons (Fsp3) is 0. The van der Waals surface area contributed by atoms with Gasteiger partial charge in [-0.3, -0.25) is 0 Å². The maximum absolute atomic E-state index is 6.25. The van der Waals surface area contributed by atoms with Crippen LogP contribution < -0.4 is 0 Å². The van der Waals surface area contributed by atoms with Gasteiger partial charge in [0.15, 0.2) is 5.82 Å². The minimum atomic E-state index is 0.634. The quantitative estimate of drug-likeness (QED) is 0.221. The third-order valence-electron chi connectivity index (χ3n) is 7.71. The van der Waals surface area contributed by atoms with Gasteiger partial charge in [-0.15, -0.1) is 0 Å². The molecule has 0 aliphatic heterocycles. The standard InChI is InChI=1S/C34H18BrN3O2/c35-18-15-16-24-23(17-18)31-32(21-9-5-13-27-29(21)19-7-1-3-11-25(19)39-27)37-33(38-34(31)36-24)22-10-6-14-28-30(22)20-8-2-4-12-26(20)40-28/h1-17H,(H,36,37,38). The van der Waals surface area contributed by atoms with E-state index in [0.717, 1.165) is 87.1 Å². The zero-order valence-electron chi connectivity index (χ0n) is 20.9. The highest BCUT2D eigenvalue weighted by molar-refractivity contribution is 9.10. The lowest BCUT2D eigenvalue weighted by molar-refractivity contribution is 0.668. The van der Waals surface area contributed by atoms with Gasteiger partial charge < -0.3 is 13.8 Å². The van der Waals surface area contributed by atoms with Gasteiger partial charge in [-0.2, -0.15) is 0 Å². The number of benzene rings is 5. The van der Waals surface area contributed by atoms with E-state index in [2.05, 4.69) is 57.3 Å². The molecule has 40 heavy (non-hydrogen) atoms. The van der Waals surface area contributed by atoms with Gasteiger partial charge in [-0.1, -0.05) is 76.6 Å². The van der Waals surface area contributed by atoms with Gasteiger partial charge in [0, 0.05) is 48.0 Å². The second-order valence-corrected chi connectivity index (χ2v) is 10.9. The van der Waals surface area contributed by atoms with Crippen molar-refractivity contribution in [2.45, 2.75) is 0 Å². The molecule has 0 unspecified atom stereocenters. The number of aromatic nitrogens is 3. The van der Waals surface area contributed by atoms with Crippen molar-refractivity contribution in [1.82, 2.24) is 15.0 Å². The van der Waals surface area contributed by atoms with Crippen LogP contribution >= 0.6 is 15.9 Å². The number of hydrogen-bond donors (Lipinski definition) is 1. The van der Waals surface area contributed by atoms with E-state index in [0.29, 0.717) is 5.82 Å². The summed E-state index contributed by atoms with van der Waals surface area (Å²) in [5.74, 6) is 0.634. The third kappa shape index (κ3) is 3.02. The number of H-pyrrole nitrogens is 1. The molecule has 188 valence electrons. The predicted octanol–water partition coefficient (Wildman–Crippen LogP) is 10.0. The predicted molar refractivity (Wildman–Crippen MR) is 165 cm³/mol. The summed E-state index contributed by atoms with van der Waals surface area (Å²) in [6.45, 7) is 0. The highest BCUT2D eigenvalue weighted by Crippen LogP contribution is 2.42. The maximum atomic E-state index is 6.25. The molecule has 9 aromatic rings. The van der Waals surface area contributed by atoms with Crippen LogP contribution in [0.4, 0.5) is 0 Å². The van der Waals surface area contributed by atoms with Crippen molar-refractivity contribution in [3.8, 4) is 22.6 Å². The highest BCUT2D eigenvalue weighted by atomic mass is 79.9. The van der Waals surface area contributed by atoms with Crippen LogP contribution in [0.5, 0.6) is 0 Å². The van der Waals surface area contributed by atoms with Crippen LogP contribution in [0.3, 0.4) is 0 Å². The summed E-state index contributed by atoms with van der Waals surface area (Å²) in [6, 6.07) is 34.7. The van der Waals surface area contributed by atoms with Crippen LogP contribution in [0.25, 0.3) is 88.5 Å². The second-order valence-electron chi connectivity index (χ2n) is 9.99. The lowest BCUT2D eigenvalue weighted by atomic mass is 9.99. The number of aromatic amines is 1. The summed E-state index contributed by atoms with van der Waals surface area (Å²) in [5, 5.41) is 6.19. The molecule has 6 heteroatoms. The molecule has 0 radical (unpaired) electrons. The van der Waals surface area contributed by atoms with Crippen molar-refractivity contribution in [1.29, 1.82) is 0 Å². The molecule has 0 amide bonds. The third-order valence-corrected chi connectivity index (χ3v) is 8.21. The minimum absolute atomic E-state index is 0.634. The Labute approximate surface area is 235 Å². The van der Waals surface area contributed by atoms with Crippen molar-refractivity contribution in [3.63, 3.8) is 0 Å². The number of nitrogens with one attached hydrogen (secondary N) is 1. The first kappa shape index (κ1) is 21.9. The molecule has 0 aliphatic carbocycles. The SMILES string of the molecule is Brc1ccc2[nH]c3nc(-c4cccc5oc6ccccc6c45)nc(-c4cccc5oc6ccccc6c45)c3c2c1. The fourth-order valence-corrected chi connectivity index (χ4v) is 6.38. The Hall–Kier alpha value is -4.94. The van der Waals surface area contributed by atoms with E-state index in [-0.39, 0.29) is 0 Å². The summed E-state index contributed by atoms with van der Waals surface area (Å²) in [5.41, 5.74) is 7.90. The van der Waals surface area contributed by atoms with Gasteiger partial charge in [-0.25, -0.2) is 9.97 Å². The summed E-state index contributed by atoms with van der Waals surface area (Å²) in [7, 11) is 0. The average Bonchev–Trinajstić information content (AvgIpc) is 3.67. The van der Waals surface area contributed by atoms with E-state index in [1.807, 2.05) is 66.7 Å². The van der Waals surface area contributed by atoms with Crippen LogP contribution in [0.15, 0.2) is 116 Å². The molecule has 5 nitrogen and oxygen atoms in total. The summed E-state index contributed by atoms with van der Waals surface area (Å²) >= 11 is 3.67. The Morgan fingerprint density at radius 1 is 0.550 bits per heavy atom. The van der Waals surface area contributed by atoms with Crippen molar-refractivity contribution < 1.29 is 8.83 Å². The zero-order valence-corrected chi connectivity index (χ0v) is 22.5. The summed E-state index contributed by atoms with van der Waals surface area (Å²) in [4.78, 5) is 14.0. The number of hydrogen-bond acceptors (Lipinski definition) is 4. The maximum Gasteiger partial charge on any atom is 0.162 e. The number of para-hydroxylation sites is 2. The molecule has 0 spiro atoms. The van der Waals surface area contributed by atoms with E-state index >= 15 is 0 Å². The van der Waals surface area contributed by atoms with Crippen molar-refractivity contribution in [2.24, 2.45) is 0 Å². The van der Waals surface area contributed by atoms with Gasteiger partial charge in [0.25, 0.3) is 0 Å². The zero-order chi connectivity index (χ0) is 26.4. The number of rotatable bonds is 2.